The lowest BCUT2D eigenvalue weighted by Crippen LogP contribution is -2.17. The monoisotopic (exact) mass is 246 g/mol. The predicted octanol–water partition coefficient (Wildman–Crippen LogP) is 3.34. The molecule has 0 saturated carbocycles. The van der Waals surface area contributed by atoms with Crippen molar-refractivity contribution in [2.24, 2.45) is 0 Å². The van der Waals surface area contributed by atoms with Crippen molar-refractivity contribution in [3.63, 3.8) is 0 Å². The summed E-state index contributed by atoms with van der Waals surface area (Å²) in [7, 11) is 2.01. The van der Waals surface area contributed by atoms with E-state index in [4.69, 9.17) is 0 Å². The fourth-order valence-corrected chi connectivity index (χ4v) is 2.61. The quantitative estimate of drug-likeness (QED) is 0.875. The van der Waals surface area contributed by atoms with Gasteiger partial charge < -0.3 is 5.32 Å². The molecule has 2 nitrogen and oxygen atoms in total. The van der Waals surface area contributed by atoms with Gasteiger partial charge in [0.25, 0.3) is 0 Å². The molecule has 2 aromatic heterocycles. The van der Waals surface area contributed by atoms with Crippen LogP contribution in [0.3, 0.4) is 0 Å². The highest BCUT2D eigenvalue weighted by molar-refractivity contribution is 7.07. The van der Waals surface area contributed by atoms with Gasteiger partial charge in [-0.15, -0.1) is 0 Å². The van der Waals surface area contributed by atoms with E-state index in [9.17, 15) is 0 Å². The molecule has 0 aliphatic carbocycles. The average molecular weight is 246 g/mol. The summed E-state index contributed by atoms with van der Waals surface area (Å²) in [4.78, 5) is 4.36. The molecular weight excluding hydrogens is 228 g/mol. The van der Waals surface area contributed by atoms with E-state index in [-0.39, 0.29) is 0 Å². The van der Waals surface area contributed by atoms with Crippen molar-refractivity contribution in [1.82, 2.24) is 10.3 Å². The first-order valence-electron chi connectivity index (χ1n) is 5.90. The van der Waals surface area contributed by atoms with Crippen molar-refractivity contribution >= 4 is 11.3 Å². The van der Waals surface area contributed by atoms with Crippen molar-refractivity contribution < 1.29 is 0 Å². The van der Waals surface area contributed by atoms with Gasteiger partial charge >= 0.3 is 0 Å². The van der Waals surface area contributed by atoms with Crippen LogP contribution in [0.1, 0.15) is 29.3 Å². The van der Waals surface area contributed by atoms with Crippen molar-refractivity contribution in [2.75, 3.05) is 7.05 Å². The van der Waals surface area contributed by atoms with E-state index in [1.807, 2.05) is 20.2 Å². The zero-order valence-electron chi connectivity index (χ0n) is 10.3. The highest BCUT2D eigenvalue weighted by Crippen LogP contribution is 2.19. The average Bonchev–Trinajstić information content (AvgIpc) is 2.85. The lowest BCUT2D eigenvalue weighted by atomic mass is 10.0. The molecule has 0 saturated heterocycles. The number of hydrogen-bond acceptors (Lipinski definition) is 3. The molecule has 1 N–H and O–H groups in total. The number of rotatable bonds is 5. The molecule has 2 aromatic rings. The molecule has 0 aromatic carbocycles. The number of nitrogens with zero attached hydrogens (tertiary/aromatic N) is 1. The topological polar surface area (TPSA) is 24.9 Å². The Bertz CT molecular complexity index is 434. The lowest BCUT2D eigenvalue weighted by Gasteiger charge is -2.16. The van der Waals surface area contributed by atoms with Crippen LogP contribution in [0.2, 0.25) is 0 Å². The summed E-state index contributed by atoms with van der Waals surface area (Å²) in [5.41, 5.74) is 3.77. The van der Waals surface area contributed by atoms with Crippen molar-refractivity contribution in [2.45, 2.75) is 25.8 Å². The number of aryl methyl sites for hydroxylation is 2. The number of aromatic nitrogens is 1. The lowest BCUT2D eigenvalue weighted by molar-refractivity contribution is 0.548. The number of hydrogen-bond donors (Lipinski definition) is 1. The molecule has 0 bridgehead atoms. The maximum absolute atomic E-state index is 4.36. The molecular formula is C14H18N2S. The number of pyridine rings is 1. The second kappa shape index (κ2) is 5.94. The van der Waals surface area contributed by atoms with Crippen molar-refractivity contribution in [3.8, 4) is 0 Å². The van der Waals surface area contributed by atoms with E-state index >= 15 is 0 Å². The third-order valence-electron chi connectivity index (χ3n) is 2.99. The third kappa shape index (κ3) is 3.38. The minimum Gasteiger partial charge on any atom is -0.313 e. The molecule has 0 amide bonds. The standard InChI is InChI=1S/C14H18N2S/c1-11-3-5-13(9-16-11)14(15-2)6-4-12-7-8-17-10-12/h3,5,7-10,14-15H,4,6H2,1-2H3. The minimum absolute atomic E-state index is 0.392. The van der Waals surface area contributed by atoms with Gasteiger partial charge in [-0.3, -0.25) is 4.98 Å². The van der Waals surface area contributed by atoms with Gasteiger partial charge in [0.1, 0.15) is 0 Å². The van der Waals surface area contributed by atoms with Crippen LogP contribution in [-0.4, -0.2) is 12.0 Å². The molecule has 0 fully saturated rings. The van der Waals surface area contributed by atoms with Crippen molar-refractivity contribution in [3.05, 3.63) is 52.0 Å². The molecule has 0 radical (unpaired) electrons. The first-order chi connectivity index (χ1) is 8.29. The molecule has 1 unspecified atom stereocenters. The molecule has 3 heteroatoms. The first-order valence-corrected chi connectivity index (χ1v) is 6.85. The summed E-state index contributed by atoms with van der Waals surface area (Å²) in [6.45, 7) is 2.02. The van der Waals surface area contributed by atoms with E-state index < -0.39 is 0 Å². The summed E-state index contributed by atoms with van der Waals surface area (Å²) >= 11 is 1.76. The Kier molecular flexibility index (Phi) is 4.29. The van der Waals surface area contributed by atoms with E-state index in [1.54, 1.807) is 11.3 Å². The fraction of sp³-hybridized carbons (Fsp3) is 0.357. The number of thiophene rings is 1. The Morgan fingerprint density at radius 2 is 2.24 bits per heavy atom. The Hall–Kier alpha value is -1.19. The highest BCUT2D eigenvalue weighted by Gasteiger charge is 2.09. The third-order valence-corrected chi connectivity index (χ3v) is 3.72. The fourth-order valence-electron chi connectivity index (χ4n) is 1.91. The van der Waals surface area contributed by atoms with Crippen LogP contribution >= 0.6 is 11.3 Å². The van der Waals surface area contributed by atoms with Gasteiger partial charge in [0.15, 0.2) is 0 Å². The van der Waals surface area contributed by atoms with Crippen LogP contribution in [-0.2, 0) is 6.42 Å². The zero-order valence-corrected chi connectivity index (χ0v) is 11.1. The second-order valence-corrected chi connectivity index (χ2v) is 5.02. The van der Waals surface area contributed by atoms with Gasteiger partial charge in [0, 0.05) is 17.9 Å². The van der Waals surface area contributed by atoms with E-state index in [0.29, 0.717) is 6.04 Å². The molecule has 0 aliphatic rings. The maximum Gasteiger partial charge on any atom is 0.0372 e. The molecule has 0 aliphatic heterocycles. The van der Waals surface area contributed by atoms with E-state index in [0.717, 1.165) is 18.5 Å². The Balaban J connectivity index is 1.99. The number of nitrogens with one attached hydrogen (secondary N) is 1. The summed E-state index contributed by atoms with van der Waals surface area (Å²) in [6, 6.07) is 6.83. The highest BCUT2D eigenvalue weighted by atomic mass is 32.1. The van der Waals surface area contributed by atoms with Crippen LogP contribution in [0, 0.1) is 6.92 Å². The molecule has 1 atom stereocenters. The summed E-state index contributed by atoms with van der Waals surface area (Å²) in [6.07, 6.45) is 4.20. The van der Waals surface area contributed by atoms with Gasteiger partial charge in [-0.25, -0.2) is 0 Å². The Morgan fingerprint density at radius 1 is 1.35 bits per heavy atom. The van der Waals surface area contributed by atoms with Gasteiger partial charge in [0.05, 0.1) is 0 Å². The van der Waals surface area contributed by atoms with Gasteiger partial charge in [-0.2, -0.15) is 11.3 Å². The first kappa shape index (κ1) is 12.3. The molecule has 0 spiro atoms. The van der Waals surface area contributed by atoms with Gasteiger partial charge in [0.2, 0.25) is 0 Å². The Labute approximate surface area is 107 Å². The smallest absolute Gasteiger partial charge is 0.0372 e. The second-order valence-electron chi connectivity index (χ2n) is 4.24. The van der Waals surface area contributed by atoms with Crippen LogP contribution in [0.4, 0.5) is 0 Å². The van der Waals surface area contributed by atoms with Crippen LogP contribution in [0.25, 0.3) is 0 Å². The Morgan fingerprint density at radius 3 is 2.82 bits per heavy atom. The molecule has 2 rings (SSSR count). The minimum atomic E-state index is 0.392. The zero-order chi connectivity index (χ0) is 12.1. The van der Waals surface area contributed by atoms with E-state index in [1.165, 1.54) is 11.1 Å². The largest absolute Gasteiger partial charge is 0.313 e. The molecule has 2 heterocycles. The summed E-state index contributed by atoms with van der Waals surface area (Å²) in [5.74, 6) is 0. The van der Waals surface area contributed by atoms with Gasteiger partial charge in [-0.05, 0) is 60.8 Å². The van der Waals surface area contributed by atoms with Crippen molar-refractivity contribution in [1.29, 1.82) is 0 Å². The molecule has 17 heavy (non-hydrogen) atoms. The van der Waals surface area contributed by atoms with Gasteiger partial charge in [-0.1, -0.05) is 6.07 Å². The summed E-state index contributed by atoms with van der Waals surface area (Å²) in [5, 5.41) is 7.72. The SMILES string of the molecule is CNC(CCc1ccsc1)c1ccc(C)nc1. The normalized spacial score (nSPS) is 12.6. The maximum atomic E-state index is 4.36. The van der Waals surface area contributed by atoms with Crippen LogP contribution < -0.4 is 5.32 Å². The predicted molar refractivity (Wildman–Crippen MR) is 73.4 cm³/mol. The molecule has 90 valence electrons. The summed E-state index contributed by atoms with van der Waals surface area (Å²) < 4.78 is 0. The van der Waals surface area contributed by atoms with Crippen LogP contribution in [0.15, 0.2) is 35.2 Å². The van der Waals surface area contributed by atoms with E-state index in [2.05, 4.69) is 39.3 Å². The van der Waals surface area contributed by atoms with Crippen LogP contribution in [0.5, 0.6) is 0 Å².